The number of hydrogen-bond donors (Lipinski definition) is 7. The number of nitrogens with two attached hydrogens (primary N) is 3. The van der Waals surface area contributed by atoms with E-state index in [-0.39, 0.29) is 31.6 Å². The van der Waals surface area contributed by atoms with Gasteiger partial charge in [0.2, 0.25) is 15.9 Å². The number of amides is 1. The Balaban J connectivity index is 1.51. The number of pyridine rings is 1. The van der Waals surface area contributed by atoms with E-state index in [9.17, 15) is 18.0 Å². The van der Waals surface area contributed by atoms with Gasteiger partial charge in [0.15, 0.2) is 5.52 Å². The zero-order chi connectivity index (χ0) is 27.1. The van der Waals surface area contributed by atoms with E-state index in [1.54, 1.807) is 30.6 Å². The number of aromatic nitrogens is 1. The highest BCUT2D eigenvalue weighted by Gasteiger charge is 2.16. The normalized spacial score (nSPS) is 13.0. The van der Waals surface area contributed by atoms with Crippen LogP contribution in [0.4, 0.5) is 0 Å². The quantitative estimate of drug-likeness (QED) is 0.0691. The second-order valence-corrected chi connectivity index (χ2v) is 11.3. The molecule has 0 aliphatic heterocycles. The first-order valence-electron chi connectivity index (χ1n) is 12.3. The predicted molar refractivity (Wildman–Crippen MR) is 147 cm³/mol. The van der Waals surface area contributed by atoms with Crippen molar-refractivity contribution in [1.29, 1.82) is 0 Å². The molecule has 0 bridgehead atoms. The van der Waals surface area contributed by atoms with Gasteiger partial charge >= 0.3 is 0 Å². The van der Waals surface area contributed by atoms with E-state index in [1.165, 1.54) is 0 Å². The van der Waals surface area contributed by atoms with Crippen LogP contribution in [-0.4, -0.2) is 63.3 Å². The zero-order valence-electron chi connectivity index (χ0n) is 20.9. The minimum Gasteiger partial charge on any atom is -0.331 e. The van der Waals surface area contributed by atoms with Crippen molar-refractivity contribution in [2.75, 3.05) is 26.2 Å². The maximum Gasteiger partial charge on any atom is 0.241 e. The number of unbranched alkanes of at least 4 members (excludes halogenated alkanes) is 2. The van der Waals surface area contributed by atoms with E-state index >= 15 is 0 Å². The highest BCUT2D eigenvalue weighted by molar-refractivity contribution is 7.89. The summed E-state index contributed by atoms with van der Waals surface area (Å²) in [5.74, 6) is -0.166. The number of carbonyl (C=O) groups excluding carboxylic acids is 2. The summed E-state index contributed by atoms with van der Waals surface area (Å²) in [6, 6.07) is 6.18. The highest BCUT2D eigenvalue weighted by atomic mass is 32.2. The lowest BCUT2D eigenvalue weighted by atomic mass is 10.2. The van der Waals surface area contributed by atoms with Crippen LogP contribution in [-0.2, 0) is 19.6 Å². The van der Waals surface area contributed by atoms with E-state index in [1.807, 2.05) is 6.07 Å². The van der Waals surface area contributed by atoms with Crippen molar-refractivity contribution >= 4 is 41.0 Å². The second-order valence-electron chi connectivity index (χ2n) is 8.58. The zero-order valence-corrected chi connectivity index (χ0v) is 22.7. The molecule has 0 aliphatic rings. The number of benzene rings is 1. The lowest BCUT2D eigenvalue weighted by molar-refractivity contribution is -0.120. The standard InChI is InChI=1S/C23H39N8O4PS/c24-19(7-5-12-29-23(25)26)22(33)36-31-21(32)9-2-1-3-11-27-14-15-30-37(34,35)20-8-4-6-17-16-28-13-10-18(17)20/h4,6,8,10,13,16,19,23,27,29-30,36H,1-3,5,7,9,11-12,14-15,24-26H2,(H,31,32)/t19-/m0/s1. The summed E-state index contributed by atoms with van der Waals surface area (Å²) in [6.07, 6.45) is 6.51. The molecular weight excluding hydrogens is 515 g/mol. The molecule has 12 nitrogen and oxygen atoms in total. The number of carbonyl (C=O) groups is 2. The summed E-state index contributed by atoms with van der Waals surface area (Å²) in [6.45, 7) is 2.04. The Hall–Kier alpha value is -2.09. The van der Waals surface area contributed by atoms with Crippen molar-refractivity contribution in [1.82, 2.24) is 25.4 Å². The van der Waals surface area contributed by atoms with E-state index in [4.69, 9.17) is 17.2 Å². The van der Waals surface area contributed by atoms with Gasteiger partial charge in [-0.2, -0.15) is 0 Å². The van der Waals surface area contributed by atoms with Gasteiger partial charge in [0.05, 0.1) is 10.9 Å². The van der Waals surface area contributed by atoms with Crippen LogP contribution in [0.1, 0.15) is 38.5 Å². The molecule has 1 amide bonds. The van der Waals surface area contributed by atoms with Crippen molar-refractivity contribution in [3.05, 3.63) is 36.7 Å². The molecule has 0 saturated carbocycles. The van der Waals surface area contributed by atoms with Crippen LogP contribution in [0.2, 0.25) is 0 Å². The van der Waals surface area contributed by atoms with Crippen molar-refractivity contribution < 1.29 is 18.0 Å². The fourth-order valence-electron chi connectivity index (χ4n) is 3.52. The number of nitrogens with one attached hydrogen (secondary N) is 4. The maximum atomic E-state index is 12.7. The van der Waals surface area contributed by atoms with Crippen LogP contribution < -0.4 is 37.6 Å². The minimum absolute atomic E-state index is 0.166. The summed E-state index contributed by atoms with van der Waals surface area (Å²) in [4.78, 5) is 28.2. The highest BCUT2D eigenvalue weighted by Crippen LogP contribution is 2.21. The molecule has 0 aliphatic carbocycles. The predicted octanol–water partition coefficient (Wildman–Crippen LogP) is -0.202. The summed E-state index contributed by atoms with van der Waals surface area (Å²) < 4.78 is 27.9. The molecule has 0 fully saturated rings. The topological polar surface area (TPSA) is 207 Å². The Morgan fingerprint density at radius 2 is 1.78 bits per heavy atom. The summed E-state index contributed by atoms with van der Waals surface area (Å²) in [7, 11) is -3.97. The molecule has 37 heavy (non-hydrogen) atoms. The molecule has 1 heterocycles. The molecule has 2 atom stereocenters. The molecule has 2 rings (SSSR count). The fourth-order valence-corrected chi connectivity index (χ4v) is 5.50. The molecule has 10 N–H and O–H groups in total. The van der Waals surface area contributed by atoms with Crippen LogP contribution in [0.3, 0.4) is 0 Å². The Morgan fingerprint density at radius 1 is 0.973 bits per heavy atom. The molecule has 0 radical (unpaired) electrons. The van der Waals surface area contributed by atoms with Crippen molar-refractivity contribution in [2.45, 2.75) is 55.8 Å². The van der Waals surface area contributed by atoms with Crippen LogP contribution in [0.5, 0.6) is 0 Å². The van der Waals surface area contributed by atoms with Gasteiger partial charge in [-0.15, -0.1) is 0 Å². The Morgan fingerprint density at radius 3 is 2.57 bits per heavy atom. The van der Waals surface area contributed by atoms with Crippen LogP contribution in [0.25, 0.3) is 10.8 Å². The molecule has 2 aromatic rings. The third-order valence-electron chi connectivity index (χ3n) is 5.52. The van der Waals surface area contributed by atoms with E-state index < -0.39 is 22.4 Å². The summed E-state index contributed by atoms with van der Waals surface area (Å²) in [5, 5.41) is 10.1. The van der Waals surface area contributed by atoms with Crippen molar-refractivity contribution in [2.24, 2.45) is 17.2 Å². The second kappa shape index (κ2) is 16.7. The molecule has 0 spiro atoms. The third-order valence-corrected chi connectivity index (χ3v) is 8.06. The lowest BCUT2D eigenvalue weighted by Crippen LogP contribution is -2.45. The Kier molecular flexibility index (Phi) is 14.0. The first-order chi connectivity index (χ1) is 17.7. The number of sulfonamides is 1. The largest absolute Gasteiger partial charge is 0.331 e. The molecule has 1 aromatic heterocycles. The fraction of sp³-hybridized carbons (Fsp3) is 0.522. The summed E-state index contributed by atoms with van der Waals surface area (Å²) in [5.41, 5.74) is 16.4. The van der Waals surface area contributed by atoms with Crippen LogP contribution in [0, 0.1) is 0 Å². The smallest absolute Gasteiger partial charge is 0.241 e. The molecular formula is C23H39N8O4PS. The van der Waals surface area contributed by atoms with Crippen molar-refractivity contribution in [3.8, 4) is 0 Å². The first kappa shape index (κ1) is 31.1. The number of rotatable bonds is 19. The van der Waals surface area contributed by atoms with Gasteiger partial charge in [0.25, 0.3) is 0 Å². The van der Waals surface area contributed by atoms with Gasteiger partial charge in [-0.25, -0.2) is 13.1 Å². The van der Waals surface area contributed by atoms with Crippen LogP contribution >= 0.6 is 8.73 Å². The van der Waals surface area contributed by atoms with Crippen molar-refractivity contribution in [3.63, 3.8) is 0 Å². The monoisotopic (exact) mass is 554 g/mol. The van der Waals surface area contributed by atoms with E-state index in [2.05, 4.69) is 25.4 Å². The van der Waals surface area contributed by atoms with Gasteiger partial charge in [-0.1, -0.05) is 18.6 Å². The molecule has 14 heteroatoms. The van der Waals surface area contributed by atoms with Gasteiger partial charge in [0, 0.05) is 51.4 Å². The Bertz CT molecular complexity index is 1100. The summed E-state index contributed by atoms with van der Waals surface area (Å²) >= 11 is 0. The molecule has 206 valence electrons. The van der Waals surface area contributed by atoms with E-state index in [0.29, 0.717) is 50.7 Å². The molecule has 1 unspecified atom stereocenters. The van der Waals surface area contributed by atoms with Gasteiger partial charge in [-0.05, 0) is 50.9 Å². The number of nitrogens with zero attached hydrogens (tertiary/aromatic N) is 1. The van der Waals surface area contributed by atoms with Crippen LogP contribution in [0.15, 0.2) is 41.6 Å². The SMILES string of the molecule is NC(N)NCCC[C@H](N)C(=O)PNC(=O)CCCCCNCCNS(=O)(=O)c1cccc2cnccc12. The number of fused-ring (bicyclic) bond motifs is 1. The average molecular weight is 555 g/mol. The number of hydrogen-bond acceptors (Lipinski definition) is 10. The minimum atomic E-state index is -3.63. The lowest BCUT2D eigenvalue weighted by Gasteiger charge is -2.12. The molecule has 1 aromatic carbocycles. The third kappa shape index (κ3) is 11.9. The van der Waals surface area contributed by atoms with Gasteiger partial charge < -0.3 is 27.6 Å². The molecule has 0 saturated heterocycles. The maximum absolute atomic E-state index is 12.7. The van der Waals surface area contributed by atoms with Gasteiger partial charge in [0.1, 0.15) is 6.29 Å². The van der Waals surface area contributed by atoms with Gasteiger partial charge in [-0.3, -0.25) is 19.9 Å². The average Bonchev–Trinajstić information content (AvgIpc) is 2.88. The van der Waals surface area contributed by atoms with E-state index in [0.717, 1.165) is 18.2 Å². The Labute approximate surface area is 220 Å². The first-order valence-corrected chi connectivity index (χ1v) is 14.8.